The second kappa shape index (κ2) is 9.54. The Bertz CT molecular complexity index is 1050. The molecule has 0 atom stereocenters. The van der Waals surface area contributed by atoms with E-state index in [1.54, 1.807) is 19.4 Å². The number of aromatic nitrogens is 2. The van der Waals surface area contributed by atoms with Crippen LogP contribution in [0.3, 0.4) is 0 Å². The predicted molar refractivity (Wildman–Crippen MR) is 121 cm³/mol. The summed E-state index contributed by atoms with van der Waals surface area (Å²) in [6, 6.07) is 5.45. The lowest BCUT2D eigenvalue weighted by Crippen LogP contribution is -2.33. The number of hydrogen-bond acceptors (Lipinski definition) is 8. The molecule has 0 unspecified atom stereocenters. The fourth-order valence-electron chi connectivity index (χ4n) is 3.60. The molecule has 32 heavy (non-hydrogen) atoms. The number of fused-ring (bicyclic) bond motifs is 2. The highest BCUT2D eigenvalue weighted by Gasteiger charge is 2.30. The number of hydrogen-bond donors (Lipinski definition) is 3. The second-order valence-corrected chi connectivity index (χ2v) is 7.52. The zero-order chi connectivity index (χ0) is 22.5. The fraction of sp³-hybridized carbons (Fsp3) is 0.364. The number of nitrogens with zero attached hydrogens (tertiary/aromatic N) is 3. The van der Waals surface area contributed by atoms with Gasteiger partial charge in [-0.2, -0.15) is 0 Å². The normalized spacial score (nSPS) is 18.6. The van der Waals surface area contributed by atoms with E-state index in [2.05, 4.69) is 25.9 Å². The van der Waals surface area contributed by atoms with E-state index in [0.717, 1.165) is 18.5 Å². The Balaban J connectivity index is 1.69. The van der Waals surface area contributed by atoms with Gasteiger partial charge in [0.05, 0.1) is 24.9 Å². The Labute approximate surface area is 186 Å². The molecule has 10 nitrogen and oxygen atoms in total. The van der Waals surface area contributed by atoms with Crippen LogP contribution in [0.4, 0.5) is 17.3 Å². The Kier molecular flexibility index (Phi) is 6.39. The number of amides is 2. The summed E-state index contributed by atoms with van der Waals surface area (Å²) >= 11 is 0. The molecule has 2 aliphatic rings. The molecule has 2 amide bonds. The van der Waals surface area contributed by atoms with Crippen LogP contribution in [0.25, 0.3) is 5.57 Å². The molecule has 1 aromatic heterocycles. The van der Waals surface area contributed by atoms with Gasteiger partial charge >= 0.3 is 0 Å². The average molecular weight is 438 g/mol. The van der Waals surface area contributed by atoms with Crippen molar-refractivity contribution < 1.29 is 19.1 Å². The first-order valence-electron chi connectivity index (χ1n) is 10.5. The van der Waals surface area contributed by atoms with Crippen molar-refractivity contribution in [1.29, 1.82) is 0 Å². The van der Waals surface area contributed by atoms with Crippen molar-refractivity contribution >= 4 is 34.7 Å². The number of ether oxygens (including phenoxy) is 2. The van der Waals surface area contributed by atoms with Gasteiger partial charge in [-0.25, -0.2) is 9.97 Å². The summed E-state index contributed by atoms with van der Waals surface area (Å²) in [4.78, 5) is 35.3. The number of anilines is 3. The first-order chi connectivity index (χ1) is 15.6. The highest BCUT2D eigenvalue weighted by Crippen LogP contribution is 2.36. The van der Waals surface area contributed by atoms with E-state index in [-0.39, 0.29) is 11.8 Å². The minimum Gasteiger partial charge on any atom is -0.493 e. The van der Waals surface area contributed by atoms with Gasteiger partial charge in [-0.1, -0.05) is 0 Å². The molecule has 0 saturated carbocycles. The third-order valence-electron chi connectivity index (χ3n) is 5.31. The van der Waals surface area contributed by atoms with Crippen LogP contribution >= 0.6 is 0 Å². The van der Waals surface area contributed by atoms with E-state index in [0.29, 0.717) is 60.4 Å². The minimum atomic E-state index is -0.268. The van der Waals surface area contributed by atoms with Gasteiger partial charge in [0.15, 0.2) is 11.5 Å². The molecule has 2 aliphatic heterocycles. The van der Waals surface area contributed by atoms with Crippen molar-refractivity contribution in [2.45, 2.75) is 19.3 Å². The molecular weight excluding hydrogens is 412 g/mol. The van der Waals surface area contributed by atoms with Gasteiger partial charge in [-0.05, 0) is 25.0 Å². The first kappa shape index (κ1) is 21.4. The number of benzene rings is 1. The first-order valence-corrected chi connectivity index (χ1v) is 10.5. The number of rotatable bonds is 1. The van der Waals surface area contributed by atoms with Crippen molar-refractivity contribution in [3.8, 4) is 11.5 Å². The number of nitrogens with one attached hydrogen (secondary N) is 3. The molecule has 168 valence electrons. The third-order valence-corrected chi connectivity index (χ3v) is 5.31. The topological polar surface area (TPSA) is 118 Å². The van der Waals surface area contributed by atoms with E-state index in [1.165, 1.54) is 6.33 Å². The predicted octanol–water partition coefficient (Wildman–Crippen LogP) is 2.01. The molecular formula is C22H26N6O4. The van der Waals surface area contributed by atoms with Crippen LogP contribution in [0.15, 0.2) is 30.7 Å². The molecule has 4 rings (SSSR count). The van der Waals surface area contributed by atoms with Crippen LogP contribution in [-0.2, 0) is 9.59 Å². The lowest BCUT2D eigenvalue weighted by atomic mass is 10.1. The monoisotopic (exact) mass is 438 g/mol. The van der Waals surface area contributed by atoms with Crippen molar-refractivity contribution in [2.24, 2.45) is 0 Å². The quantitative estimate of drug-likeness (QED) is 0.619. The summed E-state index contributed by atoms with van der Waals surface area (Å²) in [5, 5.41) is 8.89. The second-order valence-electron chi connectivity index (χ2n) is 7.52. The van der Waals surface area contributed by atoms with Gasteiger partial charge in [0, 0.05) is 44.5 Å². The van der Waals surface area contributed by atoms with Crippen LogP contribution in [0.2, 0.25) is 0 Å². The zero-order valence-corrected chi connectivity index (χ0v) is 18.1. The molecule has 0 fully saturated rings. The maximum atomic E-state index is 12.6. The largest absolute Gasteiger partial charge is 0.493 e. The zero-order valence-electron chi connectivity index (χ0n) is 18.1. The molecule has 0 spiro atoms. The van der Waals surface area contributed by atoms with E-state index >= 15 is 0 Å². The summed E-state index contributed by atoms with van der Waals surface area (Å²) in [5.41, 5.74) is 1.78. The molecule has 0 saturated heterocycles. The summed E-state index contributed by atoms with van der Waals surface area (Å²) in [5.74, 6) is 1.98. The molecule has 3 N–H and O–H groups in total. The van der Waals surface area contributed by atoms with E-state index in [1.807, 2.05) is 24.1 Å². The van der Waals surface area contributed by atoms with E-state index in [9.17, 15) is 9.59 Å². The van der Waals surface area contributed by atoms with Gasteiger partial charge in [-0.15, -0.1) is 0 Å². The summed E-state index contributed by atoms with van der Waals surface area (Å²) in [7, 11) is 3.45. The van der Waals surface area contributed by atoms with Crippen LogP contribution < -0.4 is 30.3 Å². The lowest BCUT2D eigenvalue weighted by Gasteiger charge is -2.20. The minimum absolute atomic E-state index is 0.00589. The van der Waals surface area contributed by atoms with Gasteiger partial charge < -0.3 is 30.3 Å². The summed E-state index contributed by atoms with van der Waals surface area (Å²) < 4.78 is 11.3. The van der Waals surface area contributed by atoms with Gasteiger partial charge in [0.1, 0.15) is 18.0 Å². The summed E-state index contributed by atoms with van der Waals surface area (Å²) in [6.45, 7) is 1.47. The van der Waals surface area contributed by atoms with Crippen molar-refractivity contribution in [3.05, 3.63) is 36.3 Å². The fourth-order valence-corrected chi connectivity index (χ4v) is 3.60. The Hall–Kier alpha value is -3.82. The maximum Gasteiger partial charge on any atom is 0.259 e. The highest BCUT2D eigenvalue weighted by molar-refractivity contribution is 6.32. The van der Waals surface area contributed by atoms with Crippen molar-refractivity contribution in [1.82, 2.24) is 15.3 Å². The Morgan fingerprint density at radius 3 is 2.91 bits per heavy atom. The van der Waals surface area contributed by atoms with Crippen molar-refractivity contribution in [2.75, 3.05) is 49.4 Å². The number of carbonyl (C=O) groups excluding carboxylic acids is 2. The third kappa shape index (κ3) is 4.58. The highest BCUT2D eigenvalue weighted by atomic mass is 16.5. The van der Waals surface area contributed by atoms with Crippen molar-refractivity contribution in [3.63, 3.8) is 0 Å². The van der Waals surface area contributed by atoms with E-state index < -0.39 is 0 Å². The molecule has 2 bridgehead atoms. The SMILES string of the molecule is COc1ccc2cc1OCCCCC(=O)NCCN(C)c1ncnc3c1/C(=C/N2)C(=O)N3. The Morgan fingerprint density at radius 1 is 1.19 bits per heavy atom. The molecule has 2 aromatic rings. The molecule has 0 radical (unpaired) electrons. The smallest absolute Gasteiger partial charge is 0.259 e. The van der Waals surface area contributed by atoms with Crippen LogP contribution in [0, 0.1) is 0 Å². The summed E-state index contributed by atoms with van der Waals surface area (Å²) in [6.07, 6.45) is 4.95. The van der Waals surface area contributed by atoms with Gasteiger partial charge in [-0.3, -0.25) is 9.59 Å². The molecule has 0 aliphatic carbocycles. The molecule has 3 heterocycles. The number of likely N-dealkylation sites (N-methyl/N-ethyl adjacent to an activating group) is 1. The van der Waals surface area contributed by atoms with Gasteiger partial charge in [0.2, 0.25) is 5.91 Å². The van der Waals surface area contributed by atoms with E-state index in [4.69, 9.17) is 9.47 Å². The van der Waals surface area contributed by atoms with Crippen LogP contribution in [-0.4, -0.2) is 55.6 Å². The number of methoxy groups -OCH3 is 1. The van der Waals surface area contributed by atoms with Crippen LogP contribution in [0.1, 0.15) is 24.8 Å². The lowest BCUT2D eigenvalue weighted by molar-refractivity contribution is -0.121. The molecule has 1 aromatic carbocycles. The molecule has 10 heteroatoms. The average Bonchev–Trinajstić information content (AvgIpc) is 3.11. The van der Waals surface area contributed by atoms with Gasteiger partial charge in [0.25, 0.3) is 5.91 Å². The standard InChI is InChI=1S/C22H26N6O4/c1-28-9-8-23-18(29)5-3-4-10-32-17-11-14(6-7-16(17)31-2)24-12-15-19-20(27-22(15)30)25-13-26-21(19)28/h6-7,11-13,24H,3-5,8-10H2,1-2H3,(H,23,29)(H,25,26,27,30)/b15-12-. The number of carbonyl (C=O) groups is 2. The Morgan fingerprint density at radius 2 is 2.06 bits per heavy atom. The van der Waals surface area contributed by atoms with Crippen LogP contribution in [0.5, 0.6) is 11.5 Å². The maximum absolute atomic E-state index is 12.6.